The van der Waals surface area contributed by atoms with Crippen molar-refractivity contribution in [3.63, 3.8) is 0 Å². The summed E-state index contributed by atoms with van der Waals surface area (Å²) in [5.74, 6) is -0.0451. The minimum atomic E-state index is -0.330. The van der Waals surface area contributed by atoms with Crippen molar-refractivity contribution in [2.75, 3.05) is 26.2 Å². The molecule has 0 radical (unpaired) electrons. The SMILES string of the molecule is O=C1CN(C(=O)CCOc2ccc(F)cc2)CCCN1. The van der Waals surface area contributed by atoms with Gasteiger partial charge in [0.25, 0.3) is 0 Å². The molecule has 1 aromatic rings. The molecule has 0 bridgehead atoms. The van der Waals surface area contributed by atoms with Gasteiger partial charge >= 0.3 is 0 Å². The largest absolute Gasteiger partial charge is 0.493 e. The normalized spacial score (nSPS) is 15.4. The average molecular weight is 280 g/mol. The standard InChI is InChI=1S/C14H17FN2O3/c15-11-2-4-12(5-3-11)20-9-6-14(19)17-8-1-7-16-13(18)10-17/h2-5H,1,6-10H2,(H,16,18). The smallest absolute Gasteiger partial charge is 0.239 e. The Morgan fingerprint density at radius 3 is 2.85 bits per heavy atom. The van der Waals surface area contributed by atoms with Gasteiger partial charge in [-0.05, 0) is 30.7 Å². The summed E-state index contributed by atoms with van der Waals surface area (Å²) in [4.78, 5) is 24.8. The maximum atomic E-state index is 12.7. The lowest BCUT2D eigenvalue weighted by molar-refractivity contribution is -0.135. The average Bonchev–Trinajstić information content (AvgIpc) is 2.65. The summed E-state index contributed by atoms with van der Waals surface area (Å²) in [6.45, 7) is 1.50. The second kappa shape index (κ2) is 6.88. The van der Waals surface area contributed by atoms with Crippen LogP contribution in [0.4, 0.5) is 4.39 Å². The van der Waals surface area contributed by atoms with Gasteiger partial charge in [-0.1, -0.05) is 0 Å². The van der Waals surface area contributed by atoms with Gasteiger partial charge in [-0.2, -0.15) is 0 Å². The van der Waals surface area contributed by atoms with E-state index in [0.29, 0.717) is 18.8 Å². The summed E-state index contributed by atoms with van der Waals surface area (Å²) in [5, 5.41) is 2.72. The summed E-state index contributed by atoms with van der Waals surface area (Å²) in [7, 11) is 0. The fourth-order valence-electron chi connectivity index (χ4n) is 1.96. The lowest BCUT2D eigenvalue weighted by Crippen LogP contribution is -2.37. The second-order valence-corrected chi connectivity index (χ2v) is 4.57. The molecule has 20 heavy (non-hydrogen) atoms. The number of ether oxygens (including phenoxy) is 1. The summed E-state index contributed by atoms with van der Waals surface area (Å²) in [6, 6.07) is 5.63. The van der Waals surface area contributed by atoms with Gasteiger partial charge < -0.3 is 15.0 Å². The van der Waals surface area contributed by atoms with Crippen molar-refractivity contribution in [1.29, 1.82) is 0 Å². The first-order valence-corrected chi connectivity index (χ1v) is 6.58. The number of hydrogen-bond donors (Lipinski definition) is 1. The number of amides is 2. The Labute approximate surface area is 116 Å². The third-order valence-corrected chi connectivity index (χ3v) is 3.01. The van der Waals surface area contributed by atoms with Crippen LogP contribution < -0.4 is 10.1 Å². The highest BCUT2D eigenvalue weighted by atomic mass is 19.1. The molecule has 0 unspecified atom stereocenters. The molecule has 108 valence electrons. The molecule has 1 heterocycles. The molecule has 6 heteroatoms. The van der Waals surface area contributed by atoms with Crippen LogP contribution >= 0.6 is 0 Å². The third-order valence-electron chi connectivity index (χ3n) is 3.01. The summed E-state index contributed by atoms with van der Waals surface area (Å²) in [6.07, 6.45) is 0.959. The molecule has 0 saturated carbocycles. The first-order valence-electron chi connectivity index (χ1n) is 6.58. The topological polar surface area (TPSA) is 58.6 Å². The van der Waals surface area contributed by atoms with Gasteiger partial charge in [0.15, 0.2) is 0 Å². The van der Waals surface area contributed by atoms with Crippen molar-refractivity contribution in [3.8, 4) is 5.75 Å². The van der Waals surface area contributed by atoms with E-state index in [0.717, 1.165) is 6.42 Å². The van der Waals surface area contributed by atoms with Crippen molar-refractivity contribution >= 4 is 11.8 Å². The molecule has 2 rings (SSSR count). The van der Waals surface area contributed by atoms with Crippen LogP contribution in [0, 0.1) is 5.82 Å². The highest BCUT2D eigenvalue weighted by Crippen LogP contribution is 2.11. The van der Waals surface area contributed by atoms with E-state index in [4.69, 9.17) is 4.74 Å². The van der Waals surface area contributed by atoms with Gasteiger partial charge in [0.1, 0.15) is 11.6 Å². The summed E-state index contributed by atoms with van der Waals surface area (Å²) < 4.78 is 18.1. The van der Waals surface area contributed by atoms with Gasteiger partial charge in [-0.25, -0.2) is 4.39 Å². The monoisotopic (exact) mass is 280 g/mol. The molecule has 1 aromatic carbocycles. The van der Waals surface area contributed by atoms with Crippen molar-refractivity contribution in [2.45, 2.75) is 12.8 Å². The Kier molecular flexibility index (Phi) is 4.92. The van der Waals surface area contributed by atoms with Crippen LogP contribution in [0.25, 0.3) is 0 Å². The molecular weight excluding hydrogens is 263 g/mol. The second-order valence-electron chi connectivity index (χ2n) is 4.57. The Balaban J connectivity index is 1.76. The fourth-order valence-corrected chi connectivity index (χ4v) is 1.96. The molecule has 0 spiro atoms. The van der Waals surface area contributed by atoms with Crippen molar-refractivity contribution < 1.29 is 18.7 Å². The summed E-state index contributed by atoms with van der Waals surface area (Å²) >= 11 is 0. The molecular formula is C14H17FN2O3. The zero-order valence-corrected chi connectivity index (χ0v) is 11.1. The zero-order chi connectivity index (χ0) is 14.4. The molecule has 1 aliphatic heterocycles. The third kappa shape index (κ3) is 4.22. The van der Waals surface area contributed by atoms with E-state index in [1.807, 2.05) is 0 Å². The van der Waals surface area contributed by atoms with Gasteiger partial charge in [0, 0.05) is 13.1 Å². The van der Waals surface area contributed by atoms with Crippen molar-refractivity contribution in [1.82, 2.24) is 10.2 Å². The maximum absolute atomic E-state index is 12.7. The van der Waals surface area contributed by atoms with E-state index >= 15 is 0 Å². The molecule has 0 aliphatic carbocycles. The Bertz CT molecular complexity index is 476. The molecule has 1 aliphatic rings. The number of nitrogens with one attached hydrogen (secondary N) is 1. The predicted octanol–water partition coefficient (Wildman–Crippen LogP) is 0.943. The number of nitrogens with zero attached hydrogens (tertiary/aromatic N) is 1. The van der Waals surface area contributed by atoms with Crippen LogP contribution in [-0.2, 0) is 9.59 Å². The number of rotatable bonds is 4. The molecule has 2 amide bonds. The number of benzene rings is 1. The van der Waals surface area contributed by atoms with Crippen molar-refractivity contribution in [2.24, 2.45) is 0 Å². The lowest BCUT2D eigenvalue weighted by Gasteiger charge is -2.18. The summed E-state index contributed by atoms with van der Waals surface area (Å²) in [5.41, 5.74) is 0. The maximum Gasteiger partial charge on any atom is 0.239 e. The van der Waals surface area contributed by atoms with Gasteiger partial charge in [0.05, 0.1) is 19.6 Å². The van der Waals surface area contributed by atoms with E-state index in [1.54, 1.807) is 0 Å². The fraction of sp³-hybridized carbons (Fsp3) is 0.429. The van der Waals surface area contributed by atoms with Gasteiger partial charge in [-0.3, -0.25) is 9.59 Å². The van der Waals surface area contributed by atoms with Crippen LogP contribution in [0.5, 0.6) is 5.75 Å². The minimum absolute atomic E-state index is 0.107. The Morgan fingerprint density at radius 2 is 2.10 bits per heavy atom. The first-order chi connectivity index (χ1) is 9.65. The van der Waals surface area contributed by atoms with Gasteiger partial charge in [-0.15, -0.1) is 0 Å². The van der Waals surface area contributed by atoms with E-state index < -0.39 is 0 Å². The molecule has 1 N–H and O–H groups in total. The van der Waals surface area contributed by atoms with Gasteiger partial charge in [0.2, 0.25) is 11.8 Å². The number of halogens is 1. The molecule has 0 aromatic heterocycles. The van der Waals surface area contributed by atoms with E-state index in [2.05, 4.69) is 5.32 Å². The Hall–Kier alpha value is -2.11. The Morgan fingerprint density at radius 1 is 1.35 bits per heavy atom. The van der Waals surface area contributed by atoms with Crippen LogP contribution in [0.3, 0.4) is 0 Å². The van der Waals surface area contributed by atoms with Crippen LogP contribution in [0.1, 0.15) is 12.8 Å². The zero-order valence-electron chi connectivity index (χ0n) is 11.1. The lowest BCUT2D eigenvalue weighted by atomic mass is 10.3. The number of carbonyl (C=O) groups is 2. The number of hydrogen-bond acceptors (Lipinski definition) is 3. The van der Waals surface area contributed by atoms with E-state index in [-0.39, 0.29) is 37.2 Å². The predicted molar refractivity (Wildman–Crippen MR) is 70.7 cm³/mol. The minimum Gasteiger partial charge on any atom is -0.493 e. The van der Waals surface area contributed by atoms with E-state index in [9.17, 15) is 14.0 Å². The molecule has 5 nitrogen and oxygen atoms in total. The highest BCUT2D eigenvalue weighted by molar-refractivity contribution is 5.85. The number of carbonyl (C=O) groups excluding carboxylic acids is 2. The van der Waals surface area contributed by atoms with E-state index in [1.165, 1.54) is 29.2 Å². The van der Waals surface area contributed by atoms with Crippen LogP contribution in [-0.4, -0.2) is 43.0 Å². The molecule has 1 fully saturated rings. The highest BCUT2D eigenvalue weighted by Gasteiger charge is 2.19. The quantitative estimate of drug-likeness (QED) is 0.893. The first kappa shape index (κ1) is 14.3. The van der Waals surface area contributed by atoms with Crippen LogP contribution in [0.15, 0.2) is 24.3 Å². The molecule has 1 saturated heterocycles. The molecule has 0 atom stereocenters. The van der Waals surface area contributed by atoms with Crippen molar-refractivity contribution in [3.05, 3.63) is 30.1 Å². The van der Waals surface area contributed by atoms with Crippen LogP contribution in [0.2, 0.25) is 0 Å².